The minimum absolute atomic E-state index is 0.0260. The van der Waals surface area contributed by atoms with Crippen LogP contribution in [0.5, 0.6) is 5.75 Å². The van der Waals surface area contributed by atoms with Gasteiger partial charge in [0.25, 0.3) is 0 Å². The molecule has 0 aliphatic carbocycles. The van der Waals surface area contributed by atoms with Gasteiger partial charge in [0.1, 0.15) is 18.1 Å². The van der Waals surface area contributed by atoms with Crippen molar-refractivity contribution in [1.29, 1.82) is 0 Å². The van der Waals surface area contributed by atoms with E-state index >= 15 is 0 Å². The Morgan fingerprint density at radius 3 is 2.52 bits per heavy atom. The predicted molar refractivity (Wildman–Crippen MR) is 87.4 cm³/mol. The maximum Gasteiger partial charge on any atom is 0.354 e. The maximum atomic E-state index is 11.0. The molecule has 23 heavy (non-hydrogen) atoms. The number of hydrogen-bond donors (Lipinski definition) is 1. The summed E-state index contributed by atoms with van der Waals surface area (Å²) in [5.41, 5.74) is 2.54. The lowest BCUT2D eigenvalue weighted by atomic mass is 10.1. The fourth-order valence-electron chi connectivity index (χ4n) is 2.20. The Kier molecular flexibility index (Phi) is 4.34. The number of pyridine rings is 1. The van der Waals surface area contributed by atoms with E-state index in [1.54, 1.807) is 12.1 Å². The van der Waals surface area contributed by atoms with Gasteiger partial charge in [-0.15, -0.1) is 0 Å². The smallest absolute Gasteiger partial charge is 0.354 e. The molecule has 2 aromatic carbocycles. The number of carbonyl (C=O) groups is 1. The van der Waals surface area contributed by atoms with Crippen molar-refractivity contribution < 1.29 is 14.6 Å². The van der Waals surface area contributed by atoms with Crippen molar-refractivity contribution >= 4 is 5.97 Å². The van der Waals surface area contributed by atoms with E-state index in [9.17, 15) is 4.79 Å². The van der Waals surface area contributed by atoms with Gasteiger partial charge >= 0.3 is 5.97 Å². The van der Waals surface area contributed by atoms with E-state index in [-0.39, 0.29) is 5.69 Å². The lowest BCUT2D eigenvalue weighted by Crippen LogP contribution is -2.00. The molecule has 0 radical (unpaired) electrons. The molecule has 0 saturated heterocycles. The summed E-state index contributed by atoms with van der Waals surface area (Å²) in [5, 5.41) is 9.03. The van der Waals surface area contributed by atoms with Crippen molar-refractivity contribution in [2.24, 2.45) is 0 Å². The lowest BCUT2D eigenvalue weighted by Gasteiger charge is -2.08. The van der Waals surface area contributed by atoms with Gasteiger partial charge in [-0.3, -0.25) is 0 Å². The highest BCUT2D eigenvalue weighted by Crippen LogP contribution is 2.23. The third-order valence-electron chi connectivity index (χ3n) is 3.35. The molecule has 114 valence electrons. The van der Waals surface area contributed by atoms with Gasteiger partial charge < -0.3 is 9.84 Å². The molecule has 3 aromatic rings. The molecular weight excluding hydrogens is 290 g/mol. The largest absolute Gasteiger partial charge is 0.489 e. The third kappa shape index (κ3) is 3.74. The minimum Gasteiger partial charge on any atom is -0.489 e. The fraction of sp³-hybridized carbons (Fsp3) is 0.0526. The summed E-state index contributed by atoms with van der Waals surface area (Å²) in [6.45, 7) is 0.479. The average molecular weight is 305 g/mol. The van der Waals surface area contributed by atoms with Crippen molar-refractivity contribution in [2.75, 3.05) is 0 Å². The van der Waals surface area contributed by atoms with E-state index in [2.05, 4.69) is 4.98 Å². The quantitative estimate of drug-likeness (QED) is 0.773. The summed E-state index contributed by atoms with van der Waals surface area (Å²) in [6.07, 6.45) is 0. The standard InChI is InChI=1S/C19H15NO3/c21-19(22)18-11-5-10-17(20-18)15-8-4-9-16(12-15)23-13-14-6-2-1-3-7-14/h1-12H,13H2,(H,21,22). The van der Waals surface area contributed by atoms with E-state index in [1.165, 1.54) is 6.07 Å². The van der Waals surface area contributed by atoms with Crippen LogP contribution in [0, 0.1) is 0 Å². The van der Waals surface area contributed by atoms with Gasteiger partial charge in [0.15, 0.2) is 0 Å². The first kappa shape index (κ1) is 14.8. The molecule has 3 rings (SSSR count). The zero-order valence-corrected chi connectivity index (χ0v) is 12.3. The van der Waals surface area contributed by atoms with Crippen molar-refractivity contribution in [3.05, 3.63) is 84.1 Å². The molecule has 4 heteroatoms. The van der Waals surface area contributed by atoms with Crippen LogP contribution in [0.25, 0.3) is 11.3 Å². The van der Waals surface area contributed by atoms with E-state index < -0.39 is 5.97 Å². The minimum atomic E-state index is -1.04. The Bertz CT molecular complexity index is 816. The highest BCUT2D eigenvalue weighted by molar-refractivity contribution is 5.86. The maximum absolute atomic E-state index is 11.0. The molecule has 1 aromatic heterocycles. The molecule has 1 N–H and O–H groups in total. The monoisotopic (exact) mass is 305 g/mol. The number of nitrogens with zero attached hydrogens (tertiary/aromatic N) is 1. The molecule has 4 nitrogen and oxygen atoms in total. The summed E-state index contributed by atoms with van der Waals surface area (Å²) in [7, 11) is 0. The second-order valence-electron chi connectivity index (χ2n) is 5.02. The number of hydrogen-bond acceptors (Lipinski definition) is 3. The first-order chi connectivity index (χ1) is 11.2. The number of aromatic carboxylic acids is 1. The molecule has 0 unspecified atom stereocenters. The molecule has 0 aliphatic heterocycles. The van der Waals surface area contributed by atoms with E-state index in [4.69, 9.17) is 9.84 Å². The molecule has 0 fully saturated rings. The van der Waals surface area contributed by atoms with Gasteiger partial charge in [-0.05, 0) is 29.8 Å². The van der Waals surface area contributed by atoms with Crippen LogP contribution in [0.3, 0.4) is 0 Å². The van der Waals surface area contributed by atoms with Crippen LogP contribution >= 0.6 is 0 Å². The van der Waals surface area contributed by atoms with Crippen molar-refractivity contribution in [2.45, 2.75) is 6.61 Å². The van der Waals surface area contributed by atoms with Gasteiger partial charge in [0.2, 0.25) is 0 Å². The third-order valence-corrected chi connectivity index (χ3v) is 3.35. The van der Waals surface area contributed by atoms with E-state index in [0.717, 1.165) is 11.1 Å². The summed E-state index contributed by atoms with van der Waals surface area (Å²) in [4.78, 5) is 15.2. The van der Waals surface area contributed by atoms with Crippen molar-refractivity contribution in [3.8, 4) is 17.0 Å². The average Bonchev–Trinajstić information content (AvgIpc) is 2.61. The van der Waals surface area contributed by atoms with Gasteiger partial charge in [-0.2, -0.15) is 0 Å². The van der Waals surface area contributed by atoms with Crippen LogP contribution in [0.1, 0.15) is 16.1 Å². The number of carboxylic acids is 1. The molecule has 1 heterocycles. The summed E-state index contributed by atoms with van der Waals surface area (Å²) >= 11 is 0. The molecule has 0 saturated carbocycles. The molecule has 0 bridgehead atoms. The summed E-state index contributed by atoms with van der Waals surface area (Å²) in [6, 6.07) is 22.3. The van der Waals surface area contributed by atoms with Gasteiger partial charge in [-0.25, -0.2) is 9.78 Å². The normalized spacial score (nSPS) is 10.3. The number of carboxylic acid groups (broad SMARTS) is 1. The van der Waals surface area contributed by atoms with Crippen LogP contribution in [0.2, 0.25) is 0 Å². The van der Waals surface area contributed by atoms with Crippen LogP contribution in [0.15, 0.2) is 72.8 Å². The zero-order chi connectivity index (χ0) is 16.1. The predicted octanol–water partition coefficient (Wildman–Crippen LogP) is 4.03. The summed E-state index contributed by atoms with van der Waals surface area (Å²) in [5.74, 6) is -0.322. The van der Waals surface area contributed by atoms with Gasteiger partial charge in [-0.1, -0.05) is 48.5 Å². The topological polar surface area (TPSA) is 59.4 Å². The van der Waals surface area contributed by atoms with Crippen molar-refractivity contribution in [1.82, 2.24) is 4.98 Å². The first-order valence-corrected chi connectivity index (χ1v) is 7.20. The van der Waals surface area contributed by atoms with Crippen LogP contribution < -0.4 is 4.74 Å². The zero-order valence-electron chi connectivity index (χ0n) is 12.3. The molecule has 0 spiro atoms. The Morgan fingerprint density at radius 1 is 0.957 bits per heavy atom. The highest BCUT2D eigenvalue weighted by atomic mass is 16.5. The Balaban J connectivity index is 1.80. The lowest BCUT2D eigenvalue weighted by molar-refractivity contribution is 0.0690. The second-order valence-corrected chi connectivity index (χ2v) is 5.02. The number of benzene rings is 2. The number of aromatic nitrogens is 1. The number of ether oxygens (including phenoxy) is 1. The van der Waals surface area contributed by atoms with Gasteiger partial charge in [0, 0.05) is 5.56 Å². The van der Waals surface area contributed by atoms with Crippen LogP contribution in [-0.2, 0) is 6.61 Å². The number of rotatable bonds is 5. The van der Waals surface area contributed by atoms with Crippen LogP contribution in [0.4, 0.5) is 0 Å². The highest BCUT2D eigenvalue weighted by Gasteiger charge is 2.07. The van der Waals surface area contributed by atoms with Gasteiger partial charge in [0.05, 0.1) is 5.69 Å². The fourth-order valence-corrected chi connectivity index (χ4v) is 2.20. The first-order valence-electron chi connectivity index (χ1n) is 7.20. The summed E-state index contributed by atoms with van der Waals surface area (Å²) < 4.78 is 5.79. The molecular formula is C19H15NO3. The van der Waals surface area contributed by atoms with Crippen molar-refractivity contribution in [3.63, 3.8) is 0 Å². The Morgan fingerprint density at radius 2 is 1.74 bits per heavy atom. The Labute approximate surface area is 134 Å². The van der Waals surface area contributed by atoms with E-state index in [0.29, 0.717) is 18.1 Å². The van der Waals surface area contributed by atoms with Crippen LogP contribution in [-0.4, -0.2) is 16.1 Å². The molecule has 0 aliphatic rings. The SMILES string of the molecule is O=C(O)c1cccc(-c2cccc(OCc3ccccc3)c2)n1. The van der Waals surface area contributed by atoms with E-state index in [1.807, 2.05) is 54.6 Å². The second kappa shape index (κ2) is 6.75. The molecule has 0 amide bonds. The molecule has 0 atom stereocenters. The Hall–Kier alpha value is -3.14.